The molecule has 2 unspecified atom stereocenters. The highest BCUT2D eigenvalue weighted by molar-refractivity contribution is 8.00. The van der Waals surface area contributed by atoms with Crippen molar-refractivity contribution in [2.75, 3.05) is 5.75 Å². The van der Waals surface area contributed by atoms with Gasteiger partial charge in [0.15, 0.2) is 0 Å². The third-order valence-corrected chi connectivity index (χ3v) is 4.76. The Kier molecular flexibility index (Phi) is 23.8. The van der Waals surface area contributed by atoms with Gasteiger partial charge in [-0.25, -0.2) is 0 Å². The number of nitrogens with two attached hydrogens (primary N) is 1. The predicted octanol–water partition coefficient (Wildman–Crippen LogP) is 6.05. The minimum Gasteiger partial charge on any atom is -0.480 e. The zero-order valence-corrected chi connectivity index (χ0v) is 17.8. The number of carboxylic acid groups (broad SMARTS) is 1. The van der Waals surface area contributed by atoms with Crippen LogP contribution in [0.15, 0.2) is 24.3 Å². The van der Waals surface area contributed by atoms with Gasteiger partial charge in [0.25, 0.3) is 0 Å². The number of allylic oxidation sites excluding steroid dienone is 4. The highest BCUT2D eigenvalue weighted by Crippen LogP contribution is 2.33. The molecule has 0 bridgehead atoms. The second-order valence-electron chi connectivity index (χ2n) is 5.38. The van der Waals surface area contributed by atoms with Gasteiger partial charge in [-0.1, -0.05) is 78.2 Å². The molecule has 2 atom stereocenters. The minimum atomic E-state index is -0.894. The number of thioether (sulfide) groups is 1. The van der Waals surface area contributed by atoms with E-state index in [1.165, 1.54) is 0 Å². The van der Waals surface area contributed by atoms with E-state index in [9.17, 15) is 4.79 Å². The molecule has 0 aliphatic carbocycles. The molecule has 144 valence electrons. The van der Waals surface area contributed by atoms with Crippen LogP contribution in [0.4, 0.5) is 0 Å². The summed E-state index contributed by atoms with van der Waals surface area (Å²) in [5.74, 6) is 0.0128. The SMILES string of the molecule is C/C=C\C=C/CC.CC.CCCCCC(C)(SCC)C(N)C(=O)O. The summed E-state index contributed by atoms with van der Waals surface area (Å²) in [6, 6.07) is -0.765. The van der Waals surface area contributed by atoms with Crippen molar-refractivity contribution in [3.8, 4) is 0 Å². The largest absolute Gasteiger partial charge is 0.480 e. The van der Waals surface area contributed by atoms with E-state index >= 15 is 0 Å². The topological polar surface area (TPSA) is 63.3 Å². The van der Waals surface area contributed by atoms with E-state index < -0.39 is 12.0 Å². The molecule has 0 spiro atoms. The molecule has 3 N–H and O–H groups in total. The molecule has 0 amide bonds. The lowest BCUT2D eigenvalue weighted by molar-refractivity contribution is -0.139. The molecular formula is C20H41NO2S. The van der Waals surface area contributed by atoms with Gasteiger partial charge in [-0.15, -0.1) is 0 Å². The number of aliphatic carboxylic acids is 1. The van der Waals surface area contributed by atoms with Crippen LogP contribution in [0, 0.1) is 0 Å². The second-order valence-corrected chi connectivity index (χ2v) is 7.18. The van der Waals surface area contributed by atoms with Crippen molar-refractivity contribution in [2.45, 2.75) is 91.4 Å². The van der Waals surface area contributed by atoms with Crippen molar-refractivity contribution in [3.63, 3.8) is 0 Å². The Morgan fingerprint density at radius 1 is 1.21 bits per heavy atom. The van der Waals surface area contributed by atoms with Gasteiger partial charge in [0, 0.05) is 4.75 Å². The van der Waals surface area contributed by atoms with Crippen molar-refractivity contribution in [1.29, 1.82) is 0 Å². The first-order valence-corrected chi connectivity index (χ1v) is 10.3. The van der Waals surface area contributed by atoms with Crippen LogP contribution < -0.4 is 5.73 Å². The lowest BCUT2D eigenvalue weighted by Gasteiger charge is -2.32. The molecule has 0 saturated heterocycles. The van der Waals surface area contributed by atoms with Crippen molar-refractivity contribution >= 4 is 17.7 Å². The quantitative estimate of drug-likeness (QED) is 0.368. The fourth-order valence-corrected chi connectivity index (χ4v) is 3.19. The Hall–Kier alpha value is -0.740. The molecule has 0 aliphatic heterocycles. The maximum absolute atomic E-state index is 10.9. The summed E-state index contributed by atoms with van der Waals surface area (Å²) < 4.78 is -0.324. The summed E-state index contributed by atoms with van der Waals surface area (Å²) in [5.41, 5.74) is 5.74. The fourth-order valence-electron chi connectivity index (χ4n) is 1.96. The molecule has 0 aromatic carbocycles. The lowest BCUT2D eigenvalue weighted by Crippen LogP contribution is -2.48. The van der Waals surface area contributed by atoms with Crippen molar-refractivity contribution in [2.24, 2.45) is 5.73 Å². The minimum absolute atomic E-state index is 0.324. The smallest absolute Gasteiger partial charge is 0.321 e. The predicted molar refractivity (Wildman–Crippen MR) is 112 cm³/mol. The first kappa shape index (κ1) is 28.1. The van der Waals surface area contributed by atoms with E-state index in [4.69, 9.17) is 10.8 Å². The van der Waals surface area contributed by atoms with Crippen molar-refractivity contribution < 1.29 is 9.90 Å². The molecular weight excluding hydrogens is 318 g/mol. The van der Waals surface area contributed by atoms with Crippen LogP contribution >= 0.6 is 11.8 Å². The lowest BCUT2D eigenvalue weighted by atomic mass is 9.95. The number of rotatable bonds is 10. The third kappa shape index (κ3) is 16.1. The standard InChI is InChI=1S/C11H23NO2S.C7H12.C2H6/c1-4-6-7-8-11(3,15-5-2)9(12)10(13)14;1-3-5-7-6-4-2;1-2/h9H,4-8,12H2,1-3H3,(H,13,14);3,5-7H,4H2,1-2H3;1-2H3/b;5-3-,7-6-;. The highest BCUT2D eigenvalue weighted by atomic mass is 32.2. The monoisotopic (exact) mass is 359 g/mol. The summed E-state index contributed by atoms with van der Waals surface area (Å²) in [5, 5.41) is 8.96. The molecule has 0 rings (SSSR count). The van der Waals surface area contributed by atoms with Crippen LogP contribution in [0.2, 0.25) is 0 Å². The summed E-state index contributed by atoms with van der Waals surface area (Å²) in [7, 11) is 0. The Balaban J connectivity index is -0.000000410. The van der Waals surface area contributed by atoms with Gasteiger partial charge in [-0.3, -0.25) is 4.79 Å². The van der Waals surface area contributed by atoms with Crippen LogP contribution in [0.25, 0.3) is 0 Å². The maximum Gasteiger partial charge on any atom is 0.321 e. The van der Waals surface area contributed by atoms with Crippen LogP contribution in [0.1, 0.15) is 80.6 Å². The molecule has 4 heteroatoms. The summed E-state index contributed by atoms with van der Waals surface area (Å²) in [6.45, 7) is 14.3. The molecule has 0 saturated carbocycles. The van der Waals surface area contributed by atoms with Gasteiger partial charge in [-0.05, 0) is 32.4 Å². The van der Waals surface area contributed by atoms with Gasteiger partial charge in [-0.2, -0.15) is 11.8 Å². The number of unbranched alkanes of at least 4 members (excludes halogenated alkanes) is 2. The third-order valence-electron chi connectivity index (χ3n) is 3.35. The Morgan fingerprint density at radius 3 is 2.17 bits per heavy atom. The highest BCUT2D eigenvalue weighted by Gasteiger charge is 2.35. The van der Waals surface area contributed by atoms with Crippen LogP contribution in [0.5, 0.6) is 0 Å². The van der Waals surface area contributed by atoms with E-state index in [2.05, 4.69) is 26.0 Å². The van der Waals surface area contributed by atoms with Crippen LogP contribution in [0.3, 0.4) is 0 Å². The zero-order valence-electron chi connectivity index (χ0n) is 17.0. The van der Waals surface area contributed by atoms with E-state index in [1.54, 1.807) is 11.8 Å². The fraction of sp³-hybridized carbons (Fsp3) is 0.750. The molecule has 0 aliphatic rings. The Morgan fingerprint density at radius 2 is 1.79 bits per heavy atom. The van der Waals surface area contributed by atoms with Crippen LogP contribution in [-0.4, -0.2) is 27.6 Å². The molecule has 0 heterocycles. The van der Waals surface area contributed by atoms with Crippen molar-refractivity contribution in [1.82, 2.24) is 0 Å². The summed E-state index contributed by atoms with van der Waals surface area (Å²) >= 11 is 1.66. The average molecular weight is 360 g/mol. The summed E-state index contributed by atoms with van der Waals surface area (Å²) in [4.78, 5) is 10.9. The zero-order chi connectivity index (χ0) is 19.4. The van der Waals surface area contributed by atoms with Crippen molar-refractivity contribution in [3.05, 3.63) is 24.3 Å². The number of carboxylic acids is 1. The number of hydrogen-bond donors (Lipinski definition) is 2. The molecule has 0 fully saturated rings. The van der Waals surface area contributed by atoms with Gasteiger partial charge in [0.05, 0.1) is 0 Å². The maximum atomic E-state index is 10.9. The Labute approximate surface area is 155 Å². The molecule has 0 radical (unpaired) electrons. The van der Waals surface area contributed by atoms with Gasteiger partial charge in [0.2, 0.25) is 0 Å². The summed E-state index contributed by atoms with van der Waals surface area (Å²) in [6.07, 6.45) is 13.6. The normalized spacial score (nSPS) is 14.3. The molecule has 3 nitrogen and oxygen atoms in total. The van der Waals surface area contributed by atoms with E-state index in [0.717, 1.165) is 37.9 Å². The molecule has 0 aromatic heterocycles. The van der Waals surface area contributed by atoms with E-state index in [1.807, 2.05) is 46.8 Å². The van der Waals surface area contributed by atoms with Gasteiger partial charge in [0.1, 0.15) is 6.04 Å². The first-order valence-electron chi connectivity index (χ1n) is 9.29. The van der Waals surface area contributed by atoms with Gasteiger partial charge < -0.3 is 10.8 Å². The van der Waals surface area contributed by atoms with E-state index in [0.29, 0.717) is 0 Å². The van der Waals surface area contributed by atoms with E-state index in [-0.39, 0.29) is 4.75 Å². The first-order chi connectivity index (χ1) is 11.4. The number of hydrogen-bond acceptors (Lipinski definition) is 3. The molecule has 0 aromatic rings. The Bertz CT molecular complexity index is 330. The van der Waals surface area contributed by atoms with Gasteiger partial charge >= 0.3 is 5.97 Å². The number of carbonyl (C=O) groups is 1. The second kappa shape index (κ2) is 20.3. The molecule has 24 heavy (non-hydrogen) atoms. The average Bonchev–Trinajstić information content (AvgIpc) is 2.57. The van der Waals surface area contributed by atoms with Crippen LogP contribution in [-0.2, 0) is 4.79 Å².